The minimum Gasteiger partial charge on any atom is -0.492 e. The lowest BCUT2D eigenvalue weighted by Crippen LogP contribution is -2.37. The number of hydrogen-bond donors (Lipinski definition) is 2. The normalized spacial score (nSPS) is 17.0. The van der Waals surface area contributed by atoms with E-state index in [1.807, 2.05) is 32.0 Å². The number of ether oxygens (including phenoxy) is 1. The predicted octanol–water partition coefficient (Wildman–Crippen LogP) is 6.53. The summed E-state index contributed by atoms with van der Waals surface area (Å²) in [6.07, 6.45) is 5.00. The monoisotopic (exact) mass is 584 g/mol. The molecule has 0 radical (unpaired) electrons. The predicted molar refractivity (Wildman–Crippen MR) is 160 cm³/mol. The smallest absolute Gasteiger partial charge is 0.306 e. The molecular formula is C30H37ClN4O4S. The highest BCUT2D eigenvalue weighted by molar-refractivity contribution is 7.18. The zero-order valence-corrected chi connectivity index (χ0v) is 24.9. The number of halogens is 1. The molecule has 1 amide bonds. The van der Waals surface area contributed by atoms with Gasteiger partial charge in [-0.1, -0.05) is 48.4 Å². The number of carboxylic acid groups (broad SMARTS) is 1. The molecule has 1 fully saturated rings. The second-order valence-corrected chi connectivity index (χ2v) is 11.7. The average Bonchev–Trinajstić information content (AvgIpc) is 3.43. The van der Waals surface area contributed by atoms with Crippen molar-refractivity contribution < 1.29 is 19.4 Å². The topological polar surface area (TPSA) is 105 Å². The number of rotatable bonds is 12. The number of carbonyl (C=O) groups excluding carboxylic acids is 1. The van der Waals surface area contributed by atoms with Crippen LogP contribution in [0.1, 0.15) is 66.9 Å². The molecule has 0 aliphatic heterocycles. The van der Waals surface area contributed by atoms with Crippen LogP contribution in [0.15, 0.2) is 36.4 Å². The maximum atomic E-state index is 13.4. The van der Waals surface area contributed by atoms with E-state index in [0.29, 0.717) is 41.5 Å². The fourth-order valence-electron chi connectivity index (χ4n) is 5.08. The number of benzene rings is 2. The van der Waals surface area contributed by atoms with E-state index in [9.17, 15) is 14.7 Å². The summed E-state index contributed by atoms with van der Waals surface area (Å²) in [6, 6.07) is 11.5. The Morgan fingerprint density at radius 3 is 2.48 bits per heavy atom. The number of carboxylic acids is 1. The molecule has 0 unspecified atom stereocenters. The van der Waals surface area contributed by atoms with E-state index in [0.717, 1.165) is 66.0 Å². The molecule has 0 spiro atoms. The molecule has 1 saturated carbocycles. The van der Waals surface area contributed by atoms with Crippen molar-refractivity contribution >= 4 is 39.9 Å². The zero-order valence-electron chi connectivity index (χ0n) is 23.3. The van der Waals surface area contributed by atoms with Crippen molar-refractivity contribution in [1.29, 1.82) is 0 Å². The number of aromatic nitrogens is 2. The van der Waals surface area contributed by atoms with E-state index in [4.69, 9.17) is 16.3 Å². The minimum atomic E-state index is -0.680. The number of aliphatic carboxylic acids is 1. The summed E-state index contributed by atoms with van der Waals surface area (Å²) in [5.41, 5.74) is 3.39. The molecule has 0 bridgehead atoms. The molecule has 0 saturated heterocycles. The Hall–Kier alpha value is -3.01. The number of hydrogen-bond acceptors (Lipinski definition) is 7. The third-order valence-electron chi connectivity index (χ3n) is 7.30. The Morgan fingerprint density at radius 2 is 1.82 bits per heavy atom. The van der Waals surface area contributed by atoms with Gasteiger partial charge < -0.3 is 15.2 Å². The van der Waals surface area contributed by atoms with Gasteiger partial charge in [0, 0.05) is 24.7 Å². The third kappa shape index (κ3) is 7.38. The maximum absolute atomic E-state index is 13.4. The molecule has 0 atom stereocenters. The lowest BCUT2D eigenvalue weighted by Gasteiger charge is -2.27. The van der Waals surface area contributed by atoms with E-state index in [1.165, 1.54) is 11.3 Å². The summed E-state index contributed by atoms with van der Waals surface area (Å²) < 4.78 is 6.13. The van der Waals surface area contributed by atoms with Crippen molar-refractivity contribution in [1.82, 2.24) is 15.5 Å². The molecule has 1 aliphatic carbocycles. The van der Waals surface area contributed by atoms with Crippen LogP contribution in [0.5, 0.6) is 5.75 Å². The van der Waals surface area contributed by atoms with E-state index in [1.54, 1.807) is 23.1 Å². The zero-order chi connectivity index (χ0) is 28.6. The molecule has 40 heavy (non-hydrogen) atoms. The van der Waals surface area contributed by atoms with Crippen LogP contribution in [0.4, 0.5) is 5.13 Å². The van der Waals surface area contributed by atoms with Gasteiger partial charge in [0.05, 0.1) is 16.5 Å². The van der Waals surface area contributed by atoms with Crippen molar-refractivity contribution in [3.63, 3.8) is 0 Å². The van der Waals surface area contributed by atoms with Crippen LogP contribution in [0.2, 0.25) is 5.02 Å². The lowest BCUT2D eigenvalue weighted by molar-refractivity contribution is -0.142. The molecule has 2 N–H and O–H groups in total. The Morgan fingerprint density at radius 1 is 1.12 bits per heavy atom. The molecule has 4 rings (SSSR count). The summed E-state index contributed by atoms with van der Waals surface area (Å²) in [6.45, 7) is 7.89. The van der Waals surface area contributed by atoms with Crippen LogP contribution in [0.3, 0.4) is 0 Å². The Kier molecular flexibility index (Phi) is 10.5. The minimum absolute atomic E-state index is 0.179. The molecule has 8 nitrogen and oxygen atoms in total. The second kappa shape index (κ2) is 14.1. The molecule has 2 aromatic carbocycles. The SMILES string of the molecule is CCCCN(C(=O)c1ccccc1Cl)c1nnc(-c2cc(C)c(OCCN[C@H]3CC[C@@H](C(=O)O)CC3)c(C)c2)s1. The van der Waals surface area contributed by atoms with Crippen molar-refractivity contribution in [2.45, 2.75) is 65.3 Å². The van der Waals surface area contributed by atoms with E-state index >= 15 is 0 Å². The molecule has 1 aromatic heterocycles. The Balaban J connectivity index is 1.40. The molecule has 1 aliphatic rings. The first-order valence-corrected chi connectivity index (χ1v) is 15.1. The maximum Gasteiger partial charge on any atom is 0.306 e. The summed E-state index contributed by atoms with van der Waals surface area (Å²) >= 11 is 7.71. The van der Waals surface area contributed by atoms with Crippen molar-refractivity contribution in [3.05, 3.63) is 58.1 Å². The largest absolute Gasteiger partial charge is 0.492 e. The summed E-state index contributed by atoms with van der Waals surface area (Å²) in [5.74, 6) is -0.213. The standard InChI is InChI=1S/C30H37ClN4O4S/c1-4-5-15-35(28(36)24-8-6-7-9-25(24)31)30-34-33-27(40-30)22-17-19(2)26(20(3)18-22)39-16-14-32-23-12-10-21(11-13-23)29(37)38/h6-9,17-18,21,23,32H,4-5,10-16H2,1-3H3,(H,37,38)/t21-,23+. The van der Waals surface area contributed by atoms with E-state index in [2.05, 4.69) is 22.4 Å². The van der Waals surface area contributed by atoms with Gasteiger partial charge in [0.15, 0.2) is 0 Å². The van der Waals surface area contributed by atoms with Gasteiger partial charge in [-0.15, -0.1) is 10.2 Å². The van der Waals surface area contributed by atoms with Crippen LogP contribution in [0, 0.1) is 19.8 Å². The van der Waals surface area contributed by atoms with Gasteiger partial charge in [-0.25, -0.2) is 0 Å². The first-order chi connectivity index (χ1) is 19.3. The molecular weight excluding hydrogens is 548 g/mol. The average molecular weight is 585 g/mol. The number of nitrogens with one attached hydrogen (secondary N) is 1. The van der Waals surface area contributed by atoms with Gasteiger partial charge in [-0.2, -0.15) is 0 Å². The van der Waals surface area contributed by atoms with Gasteiger partial charge >= 0.3 is 5.97 Å². The number of anilines is 1. The first kappa shape index (κ1) is 30.0. The van der Waals surface area contributed by atoms with Crippen molar-refractivity contribution in [2.24, 2.45) is 5.92 Å². The highest BCUT2D eigenvalue weighted by atomic mass is 35.5. The number of aryl methyl sites for hydroxylation is 2. The number of carbonyl (C=O) groups is 2. The molecule has 214 valence electrons. The third-order valence-corrected chi connectivity index (χ3v) is 8.62. The van der Waals surface area contributed by atoms with Gasteiger partial charge in [0.2, 0.25) is 5.13 Å². The molecule has 10 heteroatoms. The highest BCUT2D eigenvalue weighted by Crippen LogP contribution is 2.35. The van der Waals surface area contributed by atoms with Crippen LogP contribution in [0.25, 0.3) is 10.6 Å². The van der Waals surface area contributed by atoms with Gasteiger partial charge in [-0.3, -0.25) is 14.5 Å². The van der Waals surface area contributed by atoms with Crippen LogP contribution >= 0.6 is 22.9 Å². The lowest BCUT2D eigenvalue weighted by atomic mass is 9.86. The second-order valence-electron chi connectivity index (χ2n) is 10.3. The summed E-state index contributed by atoms with van der Waals surface area (Å²) in [4.78, 5) is 26.2. The quantitative estimate of drug-likeness (QED) is 0.233. The summed E-state index contributed by atoms with van der Waals surface area (Å²) in [5, 5.41) is 23.2. The number of unbranched alkanes of at least 4 members (excludes halogenated alkanes) is 1. The fraction of sp³-hybridized carbons (Fsp3) is 0.467. The molecule has 3 aromatic rings. The van der Waals surface area contributed by atoms with E-state index in [-0.39, 0.29) is 11.8 Å². The van der Waals surface area contributed by atoms with Gasteiger partial charge in [0.1, 0.15) is 17.4 Å². The molecule has 1 heterocycles. The fourth-order valence-corrected chi connectivity index (χ4v) is 6.16. The Labute approximate surface area is 244 Å². The van der Waals surface area contributed by atoms with Gasteiger partial charge in [-0.05, 0) is 81.3 Å². The van der Waals surface area contributed by atoms with Crippen LogP contribution in [-0.2, 0) is 4.79 Å². The summed E-state index contributed by atoms with van der Waals surface area (Å²) in [7, 11) is 0. The number of nitrogens with zero attached hydrogens (tertiary/aromatic N) is 3. The Bertz CT molecular complexity index is 1300. The highest BCUT2D eigenvalue weighted by Gasteiger charge is 2.26. The van der Waals surface area contributed by atoms with Crippen LogP contribution in [-0.4, -0.2) is 52.9 Å². The number of amides is 1. The van der Waals surface area contributed by atoms with Crippen molar-refractivity contribution in [2.75, 3.05) is 24.6 Å². The van der Waals surface area contributed by atoms with Crippen molar-refractivity contribution in [3.8, 4) is 16.3 Å². The van der Waals surface area contributed by atoms with Gasteiger partial charge in [0.25, 0.3) is 5.91 Å². The first-order valence-electron chi connectivity index (χ1n) is 13.9. The van der Waals surface area contributed by atoms with Crippen LogP contribution < -0.4 is 15.0 Å². The van der Waals surface area contributed by atoms with E-state index < -0.39 is 5.97 Å².